The van der Waals surface area contributed by atoms with Crippen LogP contribution in [0.5, 0.6) is 0 Å². The minimum atomic E-state index is -0.124. The van der Waals surface area contributed by atoms with Gasteiger partial charge in [0.25, 0.3) is 5.91 Å². The third-order valence-electron chi connectivity index (χ3n) is 3.10. The van der Waals surface area contributed by atoms with Crippen LogP contribution in [0.1, 0.15) is 27.4 Å². The Morgan fingerprint density at radius 3 is 2.70 bits per heavy atom. The van der Waals surface area contributed by atoms with Crippen LogP contribution in [0.15, 0.2) is 18.3 Å². The second-order valence-corrected chi connectivity index (χ2v) is 4.90. The first-order valence-corrected chi connectivity index (χ1v) is 6.39. The van der Waals surface area contributed by atoms with Crippen molar-refractivity contribution in [3.63, 3.8) is 0 Å². The number of hydrogen-bond acceptors (Lipinski definition) is 4. The van der Waals surface area contributed by atoms with Crippen LogP contribution in [0.2, 0.25) is 0 Å². The summed E-state index contributed by atoms with van der Waals surface area (Å²) in [7, 11) is 3.40. The number of aryl methyl sites for hydroxylation is 2. The Morgan fingerprint density at radius 1 is 1.40 bits per heavy atom. The lowest BCUT2D eigenvalue weighted by molar-refractivity contribution is 0.0821. The van der Waals surface area contributed by atoms with E-state index >= 15 is 0 Å². The molecular formula is C14H19N5O. The Labute approximate surface area is 118 Å². The lowest BCUT2D eigenvalue weighted by Gasteiger charge is -2.12. The number of pyridine rings is 1. The zero-order valence-corrected chi connectivity index (χ0v) is 12.2. The molecule has 0 aliphatic heterocycles. The van der Waals surface area contributed by atoms with Crippen molar-refractivity contribution in [2.45, 2.75) is 20.4 Å². The van der Waals surface area contributed by atoms with E-state index < -0.39 is 0 Å². The molecule has 6 nitrogen and oxygen atoms in total. The molecule has 0 bridgehead atoms. The molecule has 0 aromatic carbocycles. The van der Waals surface area contributed by atoms with E-state index in [4.69, 9.17) is 5.73 Å². The van der Waals surface area contributed by atoms with Gasteiger partial charge in [-0.3, -0.25) is 9.78 Å². The van der Waals surface area contributed by atoms with Crippen LogP contribution in [0.3, 0.4) is 0 Å². The van der Waals surface area contributed by atoms with Crippen LogP contribution in [0, 0.1) is 13.8 Å². The second kappa shape index (κ2) is 5.42. The summed E-state index contributed by atoms with van der Waals surface area (Å²) in [4.78, 5) is 17.8. The molecule has 0 unspecified atom stereocenters. The molecule has 0 saturated carbocycles. The van der Waals surface area contributed by atoms with E-state index in [0.29, 0.717) is 12.2 Å². The average Bonchev–Trinajstić information content (AvgIpc) is 2.86. The van der Waals surface area contributed by atoms with E-state index in [1.165, 1.54) is 4.90 Å². The van der Waals surface area contributed by atoms with Gasteiger partial charge in [-0.15, -0.1) is 0 Å². The lowest BCUT2D eigenvalue weighted by atomic mass is 10.1. The maximum atomic E-state index is 11.9. The molecule has 2 N–H and O–H groups in total. The van der Waals surface area contributed by atoms with Crippen molar-refractivity contribution in [1.29, 1.82) is 0 Å². The number of hydrogen-bond donors (Lipinski definition) is 1. The summed E-state index contributed by atoms with van der Waals surface area (Å²) in [5.41, 5.74) is 9.79. The quantitative estimate of drug-likeness (QED) is 0.906. The van der Waals surface area contributed by atoms with E-state index in [9.17, 15) is 4.79 Å². The van der Waals surface area contributed by atoms with Gasteiger partial charge in [0.1, 0.15) is 0 Å². The lowest BCUT2D eigenvalue weighted by Crippen LogP contribution is -2.22. The van der Waals surface area contributed by atoms with Crippen molar-refractivity contribution >= 4 is 5.91 Å². The summed E-state index contributed by atoms with van der Waals surface area (Å²) in [6.07, 6.45) is 1.77. The zero-order chi connectivity index (χ0) is 14.9. The minimum absolute atomic E-state index is 0.124. The largest absolute Gasteiger partial charge is 0.343 e. The number of nitrogens with zero attached hydrogens (tertiary/aromatic N) is 4. The fourth-order valence-electron chi connectivity index (χ4n) is 2.09. The van der Waals surface area contributed by atoms with Crippen molar-refractivity contribution in [1.82, 2.24) is 19.7 Å². The molecule has 0 atom stereocenters. The summed E-state index contributed by atoms with van der Waals surface area (Å²) in [5, 5.41) is 4.33. The molecular weight excluding hydrogens is 254 g/mol. The molecule has 2 heterocycles. The molecule has 1 amide bonds. The summed E-state index contributed by atoms with van der Waals surface area (Å²) in [6.45, 7) is 4.23. The van der Waals surface area contributed by atoms with Crippen molar-refractivity contribution in [2.24, 2.45) is 5.73 Å². The predicted octanol–water partition coefficient (Wildman–Crippen LogP) is 1.04. The fraction of sp³-hybridized carbons (Fsp3) is 0.357. The van der Waals surface area contributed by atoms with Crippen LogP contribution in [0.25, 0.3) is 5.69 Å². The highest BCUT2D eigenvalue weighted by atomic mass is 16.2. The number of amides is 1. The summed E-state index contributed by atoms with van der Waals surface area (Å²) >= 11 is 0. The first kappa shape index (κ1) is 14.2. The highest BCUT2D eigenvalue weighted by Crippen LogP contribution is 2.18. The maximum Gasteiger partial charge on any atom is 0.273 e. The summed E-state index contributed by atoms with van der Waals surface area (Å²) < 4.78 is 1.68. The molecule has 0 saturated heterocycles. The molecule has 0 spiro atoms. The molecule has 0 aliphatic rings. The highest BCUT2D eigenvalue weighted by molar-refractivity contribution is 5.91. The first-order chi connectivity index (χ1) is 9.43. The third-order valence-corrected chi connectivity index (χ3v) is 3.10. The van der Waals surface area contributed by atoms with Crippen LogP contribution < -0.4 is 5.73 Å². The molecule has 2 rings (SSSR count). The molecule has 20 heavy (non-hydrogen) atoms. The Morgan fingerprint density at radius 2 is 2.10 bits per heavy atom. The topological polar surface area (TPSA) is 77.0 Å². The van der Waals surface area contributed by atoms with Gasteiger partial charge >= 0.3 is 0 Å². The van der Waals surface area contributed by atoms with Gasteiger partial charge in [-0.05, 0) is 26.0 Å². The zero-order valence-electron chi connectivity index (χ0n) is 12.2. The van der Waals surface area contributed by atoms with Crippen LogP contribution in [0.4, 0.5) is 0 Å². The number of carbonyl (C=O) groups is 1. The Hall–Kier alpha value is -2.21. The van der Waals surface area contributed by atoms with Gasteiger partial charge in [0.2, 0.25) is 0 Å². The SMILES string of the molecule is Cc1cc(-n2ccc(C(=O)N(C)C)n2)c(CN)c(C)n1. The molecule has 6 heteroatoms. The molecule has 0 radical (unpaired) electrons. The number of nitrogens with two attached hydrogens (primary N) is 1. The van der Waals surface area contributed by atoms with E-state index in [1.54, 1.807) is 31.0 Å². The molecule has 106 valence electrons. The van der Waals surface area contributed by atoms with Gasteiger partial charge in [-0.1, -0.05) is 0 Å². The monoisotopic (exact) mass is 273 g/mol. The van der Waals surface area contributed by atoms with Crippen LogP contribution >= 0.6 is 0 Å². The van der Waals surface area contributed by atoms with E-state index in [2.05, 4.69) is 10.1 Å². The first-order valence-electron chi connectivity index (χ1n) is 6.39. The Kier molecular flexibility index (Phi) is 3.85. The van der Waals surface area contributed by atoms with Crippen molar-refractivity contribution in [3.8, 4) is 5.69 Å². The van der Waals surface area contributed by atoms with Gasteiger partial charge in [-0.2, -0.15) is 5.10 Å². The molecule has 0 fully saturated rings. The van der Waals surface area contributed by atoms with Crippen LogP contribution in [-0.2, 0) is 6.54 Å². The van der Waals surface area contributed by atoms with E-state index in [-0.39, 0.29) is 5.91 Å². The molecule has 2 aromatic rings. The average molecular weight is 273 g/mol. The molecule has 2 aromatic heterocycles. The van der Waals surface area contributed by atoms with Gasteiger partial charge < -0.3 is 10.6 Å². The number of carbonyl (C=O) groups excluding carboxylic acids is 1. The summed E-state index contributed by atoms with van der Waals surface area (Å²) in [6, 6.07) is 3.62. The highest BCUT2D eigenvalue weighted by Gasteiger charge is 2.14. The van der Waals surface area contributed by atoms with Crippen molar-refractivity contribution in [2.75, 3.05) is 14.1 Å². The fourth-order valence-corrected chi connectivity index (χ4v) is 2.09. The normalized spacial score (nSPS) is 10.7. The van der Waals surface area contributed by atoms with Crippen LogP contribution in [-0.4, -0.2) is 39.7 Å². The Bertz CT molecular complexity index is 645. The van der Waals surface area contributed by atoms with Gasteiger partial charge in [-0.25, -0.2) is 4.68 Å². The second-order valence-electron chi connectivity index (χ2n) is 4.90. The molecule has 0 aliphatic carbocycles. The third kappa shape index (κ3) is 2.55. The predicted molar refractivity (Wildman–Crippen MR) is 76.7 cm³/mol. The number of rotatable bonds is 3. The smallest absolute Gasteiger partial charge is 0.273 e. The Balaban J connectivity index is 2.50. The van der Waals surface area contributed by atoms with Crippen molar-refractivity contribution in [3.05, 3.63) is 41.0 Å². The number of aromatic nitrogens is 3. The maximum absolute atomic E-state index is 11.9. The van der Waals surface area contributed by atoms with Gasteiger partial charge in [0.15, 0.2) is 5.69 Å². The minimum Gasteiger partial charge on any atom is -0.343 e. The summed E-state index contributed by atoms with van der Waals surface area (Å²) in [5.74, 6) is -0.124. The van der Waals surface area contributed by atoms with Crippen molar-refractivity contribution < 1.29 is 4.79 Å². The van der Waals surface area contributed by atoms with E-state index in [0.717, 1.165) is 22.6 Å². The van der Waals surface area contributed by atoms with Gasteiger partial charge in [0.05, 0.1) is 5.69 Å². The van der Waals surface area contributed by atoms with Gasteiger partial charge in [0, 0.05) is 43.8 Å². The standard InChI is InChI=1S/C14H19N5O/c1-9-7-13(11(8-15)10(2)16-9)19-6-5-12(17-19)14(20)18(3)4/h5-7H,8,15H2,1-4H3. The van der Waals surface area contributed by atoms with E-state index in [1.807, 2.05) is 19.9 Å².